The topological polar surface area (TPSA) is 3.24 Å². The van der Waals surface area contributed by atoms with E-state index < -0.39 is 0 Å². The maximum Gasteiger partial charge on any atom is 0.0501 e. The monoisotopic (exact) mass is 301 g/mol. The van der Waals surface area contributed by atoms with Gasteiger partial charge in [-0.25, -0.2) is 0 Å². The fourth-order valence-corrected chi connectivity index (χ4v) is 2.69. The van der Waals surface area contributed by atoms with Crippen LogP contribution in [0.3, 0.4) is 0 Å². The Balaban J connectivity index is 2.12. The molecule has 1 aromatic carbocycles. The van der Waals surface area contributed by atoms with Gasteiger partial charge in [-0.3, -0.25) is 0 Å². The molecule has 0 radical (unpaired) electrons. The van der Waals surface area contributed by atoms with E-state index in [1.54, 1.807) is 0 Å². The first kappa shape index (κ1) is 10.3. The summed E-state index contributed by atoms with van der Waals surface area (Å²) in [5, 5.41) is 0. The van der Waals surface area contributed by atoms with Crippen LogP contribution in [0.25, 0.3) is 0 Å². The molecule has 0 unspecified atom stereocenters. The Morgan fingerprint density at radius 1 is 1.21 bits per heavy atom. The molecule has 0 aliphatic carbocycles. The number of halogens is 1. The van der Waals surface area contributed by atoms with Crippen LogP contribution in [0.2, 0.25) is 0 Å². The van der Waals surface area contributed by atoms with Gasteiger partial charge in [0.1, 0.15) is 0 Å². The minimum absolute atomic E-state index is 0.910. The minimum atomic E-state index is 0.910. The lowest BCUT2D eigenvalue weighted by Gasteiger charge is -2.32. The van der Waals surface area contributed by atoms with Crippen LogP contribution in [-0.2, 0) is 0 Å². The van der Waals surface area contributed by atoms with Gasteiger partial charge >= 0.3 is 0 Å². The van der Waals surface area contributed by atoms with Crippen molar-refractivity contribution in [3.8, 4) is 0 Å². The molecule has 0 amide bonds. The number of piperidine rings is 1. The summed E-state index contributed by atoms with van der Waals surface area (Å²) >= 11 is 2.43. The molecule has 1 heterocycles. The van der Waals surface area contributed by atoms with Crippen LogP contribution >= 0.6 is 22.6 Å². The summed E-state index contributed by atoms with van der Waals surface area (Å²) in [6, 6.07) is 8.67. The first-order valence-electron chi connectivity index (χ1n) is 5.27. The molecular weight excluding hydrogens is 285 g/mol. The Labute approximate surface area is 99.6 Å². The minimum Gasteiger partial charge on any atom is -0.371 e. The van der Waals surface area contributed by atoms with Crippen LogP contribution in [0.15, 0.2) is 24.3 Å². The molecule has 2 heteroatoms. The molecule has 2 rings (SSSR count). The zero-order valence-corrected chi connectivity index (χ0v) is 10.7. The number of benzene rings is 1. The van der Waals surface area contributed by atoms with Gasteiger partial charge in [-0.2, -0.15) is 0 Å². The molecule has 76 valence electrons. The first-order valence-corrected chi connectivity index (χ1v) is 6.34. The maximum atomic E-state index is 2.52. The molecule has 0 saturated carbocycles. The second-order valence-electron chi connectivity index (χ2n) is 4.12. The third kappa shape index (κ3) is 2.22. The molecule has 1 aliphatic rings. The molecular formula is C12H16IN. The van der Waals surface area contributed by atoms with Crippen molar-refractivity contribution in [3.05, 3.63) is 27.8 Å². The summed E-state index contributed by atoms with van der Waals surface area (Å²) in [5.74, 6) is 0.910. The van der Waals surface area contributed by atoms with E-state index >= 15 is 0 Å². The summed E-state index contributed by atoms with van der Waals surface area (Å²) in [7, 11) is 0. The fraction of sp³-hybridized carbons (Fsp3) is 0.500. The third-order valence-corrected chi connectivity index (χ3v) is 3.89. The second kappa shape index (κ2) is 4.51. The molecule has 1 nitrogen and oxygen atoms in total. The number of rotatable bonds is 1. The highest BCUT2D eigenvalue weighted by Crippen LogP contribution is 2.26. The molecule has 0 aromatic heterocycles. The van der Waals surface area contributed by atoms with E-state index in [-0.39, 0.29) is 0 Å². The van der Waals surface area contributed by atoms with Gasteiger partial charge in [0, 0.05) is 16.7 Å². The molecule has 1 saturated heterocycles. The molecule has 1 aliphatic heterocycles. The van der Waals surface area contributed by atoms with Gasteiger partial charge in [-0.05, 0) is 53.5 Å². The zero-order valence-electron chi connectivity index (χ0n) is 8.54. The smallest absolute Gasteiger partial charge is 0.0501 e. The highest BCUT2D eigenvalue weighted by molar-refractivity contribution is 14.1. The summed E-state index contributed by atoms with van der Waals surface area (Å²) in [6.07, 6.45) is 2.68. The molecule has 0 spiro atoms. The standard InChI is InChI=1S/C12H16IN/c1-10-6-8-14(9-7-10)12-5-3-2-4-11(12)13/h2-5,10H,6-9H2,1H3. The molecule has 14 heavy (non-hydrogen) atoms. The van der Waals surface area contributed by atoms with Gasteiger partial charge in [-0.1, -0.05) is 19.1 Å². The summed E-state index contributed by atoms with van der Waals surface area (Å²) in [6.45, 7) is 4.80. The van der Waals surface area contributed by atoms with Crippen LogP contribution in [0.4, 0.5) is 5.69 Å². The summed E-state index contributed by atoms with van der Waals surface area (Å²) in [4.78, 5) is 2.52. The predicted octanol–water partition coefficient (Wildman–Crippen LogP) is 3.53. The second-order valence-corrected chi connectivity index (χ2v) is 5.28. The average Bonchev–Trinajstić information content (AvgIpc) is 2.20. The Morgan fingerprint density at radius 2 is 1.86 bits per heavy atom. The first-order chi connectivity index (χ1) is 6.77. The quantitative estimate of drug-likeness (QED) is 0.717. The van der Waals surface area contributed by atoms with E-state index in [2.05, 4.69) is 58.7 Å². The fourth-order valence-electron chi connectivity index (χ4n) is 1.96. The number of hydrogen-bond donors (Lipinski definition) is 0. The lowest BCUT2D eigenvalue weighted by molar-refractivity contribution is 0.438. The van der Waals surface area contributed by atoms with Gasteiger partial charge < -0.3 is 4.90 Å². The number of anilines is 1. The van der Waals surface area contributed by atoms with Crippen LogP contribution in [0, 0.1) is 9.49 Å². The zero-order chi connectivity index (χ0) is 9.97. The van der Waals surface area contributed by atoms with Crippen molar-refractivity contribution < 1.29 is 0 Å². The molecule has 0 atom stereocenters. The van der Waals surface area contributed by atoms with Crippen molar-refractivity contribution >= 4 is 28.3 Å². The van der Waals surface area contributed by atoms with Gasteiger partial charge in [-0.15, -0.1) is 0 Å². The largest absolute Gasteiger partial charge is 0.371 e. The number of para-hydroxylation sites is 1. The van der Waals surface area contributed by atoms with Gasteiger partial charge in [0.2, 0.25) is 0 Å². The van der Waals surface area contributed by atoms with Crippen molar-refractivity contribution in [1.29, 1.82) is 0 Å². The third-order valence-electron chi connectivity index (χ3n) is 2.98. The van der Waals surface area contributed by atoms with Crippen molar-refractivity contribution in [2.75, 3.05) is 18.0 Å². The lowest BCUT2D eigenvalue weighted by Crippen LogP contribution is -2.33. The Morgan fingerprint density at radius 3 is 2.50 bits per heavy atom. The summed E-state index contributed by atoms with van der Waals surface area (Å²) in [5.41, 5.74) is 1.42. The lowest BCUT2D eigenvalue weighted by atomic mass is 9.99. The van der Waals surface area contributed by atoms with Crippen LogP contribution in [-0.4, -0.2) is 13.1 Å². The highest BCUT2D eigenvalue weighted by Gasteiger charge is 2.16. The number of nitrogens with zero attached hydrogens (tertiary/aromatic N) is 1. The SMILES string of the molecule is CC1CCN(c2ccccc2I)CC1. The van der Waals surface area contributed by atoms with E-state index in [9.17, 15) is 0 Å². The van der Waals surface area contributed by atoms with E-state index in [0.29, 0.717) is 0 Å². The van der Waals surface area contributed by atoms with Crippen LogP contribution in [0.5, 0.6) is 0 Å². The predicted molar refractivity (Wildman–Crippen MR) is 69.8 cm³/mol. The highest BCUT2D eigenvalue weighted by atomic mass is 127. The molecule has 0 N–H and O–H groups in total. The maximum absolute atomic E-state index is 2.52. The number of hydrogen-bond acceptors (Lipinski definition) is 1. The van der Waals surface area contributed by atoms with Gasteiger partial charge in [0.05, 0.1) is 5.69 Å². The van der Waals surface area contributed by atoms with Crippen molar-refractivity contribution in [2.45, 2.75) is 19.8 Å². The summed E-state index contributed by atoms with van der Waals surface area (Å²) < 4.78 is 1.37. The Bertz CT molecular complexity index is 303. The molecule has 1 aromatic rings. The van der Waals surface area contributed by atoms with E-state index in [0.717, 1.165) is 5.92 Å². The molecule has 0 bridgehead atoms. The van der Waals surface area contributed by atoms with E-state index in [1.807, 2.05) is 0 Å². The Hall–Kier alpha value is -0.250. The van der Waals surface area contributed by atoms with Crippen molar-refractivity contribution in [2.24, 2.45) is 5.92 Å². The van der Waals surface area contributed by atoms with Crippen molar-refractivity contribution in [3.63, 3.8) is 0 Å². The molecule has 1 fully saturated rings. The van der Waals surface area contributed by atoms with E-state index in [4.69, 9.17) is 0 Å². The average molecular weight is 301 g/mol. The van der Waals surface area contributed by atoms with Crippen LogP contribution < -0.4 is 4.90 Å². The van der Waals surface area contributed by atoms with Crippen molar-refractivity contribution in [1.82, 2.24) is 0 Å². The normalized spacial score (nSPS) is 18.6. The van der Waals surface area contributed by atoms with Gasteiger partial charge in [0.15, 0.2) is 0 Å². The van der Waals surface area contributed by atoms with E-state index in [1.165, 1.54) is 35.2 Å². The Kier molecular flexibility index (Phi) is 3.31. The van der Waals surface area contributed by atoms with Crippen LogP contribution in [0.1, 0.15) is 19.8 Å². The van der Waals surface area contributed by atoms with Gasteiger partial charge in [0.25, 0.3) is 0 Å².